The Bertz CT molecular complexity index is 527. The maximum absolute atomic E-state index is 6.58. The topological polar surface area (TPSA) is 30.9 Å². The predicted octanol–water partition coefficient (Wildman–Crippen LogP) is 4.18. The van der Waals surface area contributed by atoms with Crippen LogP contribution in [0.15, 0.2) is 30.3 Å². The van der Waals surface area contributed by atoms with Crippen LogP contribution < -0.4 is 4.74 Å². The van der Waals surface area contributed by atoms with E-state index in [4.69, 9.17) is 13.9 Å². The van der Waals surface area contributed by atoms with Crippen molar-refractivity contribution in [3.8, 4) is 5.75 Å². The van der Waals surface area contributed by atoms with E-state index in [0.717, 1.165) is 31.9 Å². The summed E-state index contributed by atoms with van der Waals surface area (Å²) in [6.45, 7) is 16.3. The average molecular weight is 410 g/mol. The number of rotatable bonds is 9. The molecule has 1 aromatic rings. The molecule has 1 aromatic carbocycles. The molecule has 1 fully saturated rings. The van der Waals surface area contributed by atoms with Crippen LogP contribution in [0.2, 0.25) is 32.2 Å². The Balaban J connectivity index is 1.93. The van der Waals surface area contributed by atoms with Gasteiger partial charge in [0.05, 0.1) is 14.9 Å². The molecule has 0 bridgehead atoms. The molecule has 0 N–H and O–H groups in total. The van der Waals surface area contributed by atoms with Gasteiger partial charge in [-0.05, 0) is 57.6 Å². The Morgan fingerprint density at radius 2 is 2.00 bits per heavy atom. The Labute approximate surface area is 168 Å². The van der Waals surface area contributed by atoms with Crippen LogP contribution in [-0.2, 0) is 9.16 Å². The lowest BCUT2D eigenvalue weighted by Crippen LogP contribution is -2.48. The largest absolute Gasteiger partial charge is 0.491 e. The first-order chi connectivity index (χ1) is 12.9. The highest BCUT2D eigenvalue weighted by Crippen LogP contribution is 2.21. The van der Waals surface area contributed by atoms with Crippen LogP contribution in [0.3, 0.4) is 0 Å². The predicted molar refractivity (Wildman–Crippen MR) is 119 cm³/mol. The monoisotopic (exact) mass is 409 g/mol. The molecular weight excluding hydrogens is 370 g/mol. The van der Waals surface area contributed by atoms with Gasteiger partial charge in [0.1, 0.15) is 12.4 Å². The number of para-hydroxylation sites is 1. The fourth-order valence-electron chi connectivity index (χ4n) is 3.78. The lowest BCUT2D eigenvalue weighted by molar-refractivity contribution is 0.0594. The number of hydrogen-bond donors (Lipinski definition) is 0. The minimum absolute atomic E-state index is 0.147. The lowest BCUT2D eigenvalue weighted by atomic mass is 10.2. The van der Waals surface area contributed by atoms with Crippen molar-refractivity contribution in [2.75, 3.05) is 32.8 Å². The van der Waals surface area contributed by atoms with E-state index < -0.39 is 17.1 Å². The zero-order valence-corrected chi connectivity index (χ0v) is 20.1. The number of ether oxygens (including phenoxy) is 2. The summed E-state index contributed by atoms with van der Waals surface area (Å²) in [5.41, 5.74) is 0.478. The summed E-state index contributed by atoms with van der Waals surface area (Å²) in [4.78, 5) is 2.57. The van der Waals surface area contributed by atoms with E-state index in [1.165, 1.54) is 19.0 Å². The molecule has 2 unspecified atom stereocenters. The van der Waals surface area contributed by atoms with Gasteiger partial charge in [0.15, 0.2) is 8.32 Å². The van der Waals surface area contributed by atoms with Gasteiger partial charge in [-0.1, -0.05) is 31.3 Å². The van der Waals surface area contributed by atoms with Gasteiger partial charge in [0, 0.05) is 25.4 Å². The van der Waals surface area contributed by atoms with Crippen molar-refractivity contribution in [1.82, 2.24) is 4.90 Å². The standard InChI is InChI=1S/C21H39NO3Si2/c1-6-23-21(26(2)3)13-15-22-14-10-16-27(4,5)25-20(17-22)18-24-19-11-8-7-9-12-19/h7-9,11-12,20-21,26H,6,10,13-18H2,1-5H3. The number of benzene rings is 1. The molecule has 0 radical (unpaired) electrons. The smallest absolute Gasteiger partial charge is 0.187 e. The van der Waals surface area contributed by atoms with E-state index in [1.807, 2.05) is 30.3 Å². The molecule has 154 valence electrons. The molecule has 1 saturated heterocycles. The van der Waals surface area contributed by atoms with Crippen molar-refractivity contribution < 1.29 is 13.9 Å². The normalized spacial score (nSPS) is 22.2. The molecule has 1 heterocycles. The zero-order valence-electron chi connectivity index (χ0n) is 17.9. The third-order valence-corrected chi connectivity index (χ3v) is 9.78. The number of nitrogens with zero attached hydrogens (tertiary/aromatic N) is 1. The molecule has 27 heavy (non-hydrogen) atoms. The van der Waals surface area contributed by atoms with Crippen LogP contribution in [0.4, 0.5) is 0 Å². The molecule has 0 amide bonds. The third-order valence-electron chi connectivity index (χ3n) is 5.23. The van der Waals surface area contributed by atoms with Crippen molar-refractivity contribution in [1.29, 1.82) is 0 Å². The third kappa shape index (κ3) is 8.48. The van der Waals surface area contributed by atoms with E-state index >= 15 is 0 Å². The highest BCUT2D eigenvalue weighted by atomic mass is 28.4. The molecule has 0 aliphatic carbocycles. The maximum Gasteiger partial charge on any atom is 0.187 e. The second-order valence-electron chi connectivity index (χ2n) is 8.55. The van der Waals surface area contributed by atoms with Gasteiger partial charge in [-0.15, -0.1) is 0 Å². The summed E-state index contributed by atoms with van der Waals surface area (Å²) >= 11 is 0. The van der Waals surface area contributed by atoms with Crippen LogP contribution in [0.5, 0.6) is 5.75 Å². The lowest BCUT2D eigenvalue weighted by Gasteiger charge is -2.37. The van der Waals surface area contributed by atoms with Gasteiger partial charge in [-0.2, -0.15) is 0 Å². The molecule has 6 heteroatoms. The summed E-state index contributed by atoms with van der Waals surface area (Å²) in [6.07, 6.45) is 2.53. The van der Waals surface area contributed by atoms with Crippen LogP contribution in [-0.4, -0.2) is 66.7 Å². The zero-order chi connectivity index (χ0) is 19.7. The van der Waals surface area contributed by atoms with Gasteiger partial charge in [0.2, 0.25) is 0 Å². The molecule has 1 aliphatic heterocycles. The molecular formula is C21H39NO3Si2. The molecule has 0 saturated carbocycles. The first-order valence-electron chi connectivity index (χ1n) is 10.6. The van der Waals surface area contributed by atoms with Gasteiger partial charge >= 0.3 is 0 Å². The van der Waals surface area contributed by atoms with Gasteiger partial charge in [-0.25, -0.2) is 0 Å². The number of hydrogen-bond acceptors (Lipinski definition) is 4. The summed E-state index contributed by atoms with van der Waals surface area (Å²) in [5, 5.41) is 0. The quantitative estimate of drug-likeness (QED) is 0.573. The van der Waals surface area contributed by atoms with E-state index in [2.05, 4.69) is 38.0 Å². The van der Waals surface area contributed by atoms with Crippen LogP contribution >= 0.6 is 0 Å². The summed E-state index contributed by atoms with van der Waals surface area (Å²) in [7, 11) is -2.39. The van der Waals surface area contributed by atoms with Crippen molar-refractivity contribution >= 4 is 17.1 Å². The Morgan fingerprint density at radius 1 is 1.26 bits per heavy atom. The highest BCUT2D eigenvalue weighted by molar-refractivity contribution is 6.71. The Morgan fingerprint density at radius 3 is 2.67 bits per heavy atom. The van der Waals surface area contributed by atoms with Crippen molar-refractivity contribution in [2.45, 2.75) is 63.8 Å². The molecule has 0 spiro atoms. The van der Waals surface area contributed by atoms with E-state index in [0.29, 0.717) is 12.3 Å². The van der Waals surface area contributed by atoms with Crippen LogP contribution in [0.1, 0.15) is 19.8 Å². The minimum atomic E-state index is -1.60. The summed E-state index contributed by atoms with van der Waals surface area (Å²) in [6, 6.07) is 11.3. The summed E-state index contributed by atoms with van der Waals surface area (Å²) < 4.78 is 18.6. The SMILES string of the molecule is CCOC(CCN1CCC[Si](C)(C)OC(COc2ccccc2)C1)[SiH](C)C. The molecule has 4 nitrogen and oxygen atoms in total. The fourth-order valence-corrected chi connectivity index (χ4v) is 7.35. The Kier molecular flexibility index (Phi) is 9.52. The summed E-state index contributed by atoms with van der Waals surface area (Å²) in [5.74, 6) is 0.927. The minimum Gasteiger partial charge on any atom is -0.491 e. The highest BCUT2D eigenvalue weighted by Gasteiger charge is 2.31. The van der Waals surface area contributed by atoms with E-state index in [9.17, 15) is 0 Å². The van der Waals surface area contributed by atoms with Gasteiger partial charge in [-0.3, -0.25) is 0 Å². The van der Waals surface area contributed by atoms with Crippen LogP contribution in [0.25, 0.3) is 0 Å². The Hall–Kier alpha value is -0.666. The van der Waals surface area contributed by atoms with Crippen molar-refractivity contribution in [3.63, 3.8) is 0 Å². The molecule has 1 aliphatic rings. The van der Waals surface area contributed by atoms with E-state index in [-0.39, 0.29) is 6.10 Å². The molecule has 2 rings (SSSR count). The van der Waals surface area contributed by atoms with Crippen molar-refractivity contribution in [3.05, 3.63) is 30.3 Å². The fraction of sp³-hybridized carbons (Fsp3) is 0.714. The first kappa shape index (κ1) is 22.6. The maximum atomic E-state index is 6.58. The van der Waals surface area contributed by atoms with Crippen LogP contribution in [0, 0.1) is 0 Å². The van der Waals surface area contributed by atoms with E-state index in [1.54, 1.807) is 0 Å². The average Bonchev–Trinajstić information content (AvgIpc) is 2.61. The van der Waals surface area contributed by atoms with Gasteiger partial charge < -0.3 is 18.8 Å². The second-order valence-corrected chi connectivity index (χ2v) is 16.0. The van der Waals surface area contributed by atoms with Crippen molar-refractivity contribution in [2.24, 2.45) is 0 Å². The van der Waals surface area contributed by atoms with Gasteiger partial charge in [0.25, 0.3) is 0 Å². The molecule has 0 aromatic heterocycles. The second kappa shape index (κ2) is 11.4. The first-order valence-corrected chi connectivity index (χ1v) is 16.7. The molecule has 2 atom stereocenters.